The molecule has 0 aliphatic carbocycles. The largest absolute Gasteiger partial charge is 0.434 e. The number of nitrogens with zero attached hydrogens (tertiary/aromatic N) is 2. The van der Waals surface area contributed by atoms with Gasteiger partial charge in [0.2, 0.25) is 0 Å². The number of rotatable bonds is 2. The van der Waals surface area contributed by atoms with Crippen LogP contribution in [0.2, 0.25) is 0 Å². The van der Waals surface area contributed by atoms with Crippen molar-refractivity contribution >= 4 is 5.91 Å². The molecule has 1 amide bonds. The van der Waals surface area contributed by atoms with Crippen LogP contribution in [0.15, 0.2) is 24.5 Å². The second kappa shape index (κ2) is 5.88. The summed E-state index contributed by atoms with van der Waals surface area (Å²) >= 11 is 0. The van der Waals surface area contributed by atoms with Crippen LogP contribution in [0.25, 0.3) is 5.69 Å². The summed E-state index contributed by atoms with van der Waals surface area (Å²) in [5.74, 6) is -3.51. The fourth-order valence-electron chi connectivity index (χ4n) is 2.07. The molecule has 0 radical (unpaired) electrons. The van der Waals surface area contributed by atoms with Crippen LogP contribution in [0.5, 0.6) is 0 Å². The number of imidazole rings is 1. The number of benzene rings is 1. The van der Waals surface area contributed by atoms with E-state index in [2.05, 4.69) is 10.3 Å². The second-order valence-electron chi connectivity index (χ2n) is 6.08. The smallest absolute Gasteiger partial charge is 0.346 e. The Labute approximate surface area is 134 Å². The number of halogens is 5. The van der Waals surface area contributed by atoms with Gasteiger partial charge in [-0.05, 0) is 32.9 Å². The van der Waals surface area contributed by atoms with Gasteiger partial charge >= 0.3 is 6.18 Å². The number of carbonyl (C=O) groups is 1. The summed E-state index contributed by atoms with van der Waals surface area (Å²) in [7, 11) is 0. The monoisotopic (exact) mass is 347 g/mol. The highest BCUT2D eigenvalue weighted by Gasteiger charge is 2.42. The van der Waals surface area contributed by atoms with Gasteiger partial charge in [0.1, 0.15) is 23.6 Å². The van der Waals surface area contributed by atoms with Crippen molar-refractivity contribution in [2.45, 2.75) is 32.5 Å². The Kier molecular flexibility index (Phi) is 4.38. The van der Waals surface area contributed by atoms with E-state index in [-0.39, 0.29) is 4.57 Å². The number of amides is 1. The van der Waals surface area contributed by atoms with E-state index in [1.54, 1.807) is 20.8 Å². The molecule has 24 heavy (non-hydrogen) atoms. The minimum absolute atomic E-state index is 0.197. The maximum Gasteiger partial charge on any atom is 0.434 e. The third-order valence-electron chi connectivity index (χ3n) is 2.92. The molecule has 0 aliphatic heterocycles. The Balaban J connectivity index is 2.66. The molecule has 0 saturated heterocycles. The zero-order chi connectivity index (χ0) is 18.3. The molecule has 1 aromatic heterocycles. The number of nitrogens with one attached hydrogen (secondary N) is 1. The van der Waals surface area contributed by atoms with E-state index < -0.39 is 46.3 Å². The summed E-state index contributed by atoms with van der Waals surface area (Å²) in [4.78, 5) is 15.5. The van der Waals surface area contributed by atoms with Crippen molar-refractivity contribution in [2.24, 2.45) is 0 Å². The molecule has 1 N–H and O–H groups in total. The van der Waals surface area contributed by atoms with Crippen LogP contribution in [0.1, 0.15) is 37.0 Å². The highest BCUT2D eigenvalue weighted by atomic mass is 19.4. The predicted molar refractivity (Wildman–Crippen MR) is 75.7 cm³/mol. The molecule has 1 heterocycles. The van der Waals surface area contributed by atoms with Gasteiger partial charge in [0.15, 0.2) is 11.4 Å². The van der Waals surface area contributed by atoms with Crippen LogP contribution < -0.4 is 5.32 Å². The van der Waals surface area contributed by atoms with Crippen LogP contribution in [0, 0.1) is 11.6 Å². The van der Waals surface area contributed by atoms with Crippen LogP contribution in [-0.2, 0) is 6.18 Å². The van der Waals surface area contributed by atoms with Crippen molar-refractivity contribution in [1.82, 2.24) is 14.9 Å². The minimum Gasteiger partial charge on any atom is -0.346 e. The first-order chi connectivity index (χ1) is 10.9. The number of carbonyl (C=O) groups excluding carboxylic acids is 1. The molecule has 130 valence electrons. The van der Waals surface area contributed by atoms with Crippen LogP contribution in [-0.4, -0.2) is 21.0 Å². The molecule has 0 atom stereocenters. The highest BCUT2D eigenvalue weighted by Crippen LogP contribution is 2.34. The van der Waals surface area contributed by atoms with E-state index in [0.717, 1.165) is 18.2 Å². The average Bonchev–Trinajstić information content (AvgIpc) is 2.81. The van der Waals surface area contributed by atoms with Gasteiger partial charge in [-0.1, -0.05) is 6.07 Å². The lowest BCUT2D eigenvalue weighted by Gasteiger charge is -2.20. The summed E-state index contributed by atoms with van der Waals surface area (Å²) in [6.45, 7) is 4.73. The van der Waals surface area contributed by atoms with Gasteiger partial charge < -0.3 is 5.32 Å². The lowest BCUT2D eigenvalue weighted by molar-refractivity contribution is -0.142. The molecule has 0 fully saturated rings. The summed E-state index contributed by atoms with van der Waals surface area (Å²) in [5, 5.41) is 2.34. The Morgan fingerprint density at radius 3 is 2.12 bits per heavy atom. The molecule has 0 unspecified atom stereocenters. The molecule has 2 aromatic rings. The first-order valence-corrected chi connectivity index (χ1v) is 6.83. The quantitative estimate of drug-likeness (QED) is 0.842. The third kappa shape index (κ3) is 3.55. The molecule has 4 nitrogen and oxygen atoms in total. The van der Waals surface area contributed by atoms with Crippen molar-refractivity contribution in [1.29, 1.82) is 0 Å². The lowest BCUT2D eigenvalue weighted by atomic mass is 10.1. The van der Waals surface area contributed by atoms with Crippen molar-refractivity contribution in [2.75, 3.05) is 0 Å². The maximum absolute atomic E-state index is 13.8. The van der Waals surface area contributed by atoms with Crippen molar-refractivity contribution in [3.05, 3.63) is 47.5 Å². The molecule has 2 rings (SSSR count). The van der Waals surface area contributed by atoms with Crippen LogP contribution in [0.4, 0.5) is 22.0 Å². The number of aromatic nitrogens is 2. The lowest BCUT2D eigenvalue weighted by Crippen LogP contribution is -2.41. The number of hydrogen-bond donors (Lipinski definition) is 1. The Hall–Kier alpha value is -2.45. The molecule has 1 aromatic carbocycles. The second-order valence-corrected chi connectivity index (χ2v) is 6.08. The Bertz CT molecular complexity index is 754. The van der Waals surface area contributed by atoms with E-state index in [0.29, 0.717) is 6.33 Å². The molecule has 9 heteroatoms. The SMILES string of the molecule is CC(C)(C)NC(=O)c1ncn(-c2c(F)cccc2F)c1C(F)(F)F. The normalized spacial score (nSPS) is 12.3. The van der Waals surface area contributed by atoms with Gasteiger partial charge in [-0.3, -0.25) is 9.36 Å². The topological polar surface area (TPSA) is 46.9 Å². The van der Waals surface area contributed by atoms with Gasteiger partial charge in [0, 0.05) is 5.54 Å². The van der Waals surface area contributed by atoms with E-state index in [9.17, 15) is 26.7 Å². The maximum atomic E-state index is 13.8. The average molecular weight is 347 g/mol. The van der Waals surface area contributed by atoms with E-state index >= 15 is 0 Å². The molecule has 0 bridgehead atoms. The van der Waals surface area contributed by atoms with Gasteiger partial charge in [0.25, 0.3) is 5.91 Å². The zero-order valence-electron chi connectivity index (χ0n) is 13.0. The Morgan fingerprint density at radius 1 is 1.12 bits per heavy atom. The predicted octanol–water partition coefficient (Wildman–Crippen LogP) is 3.70. The van der Waals surface area contributed by atoms with Gasteiger partial charge in [-0.2, -0.15) is 13.2 Å². The number of para-hydroxylation sites is 1. The summed E-state index contributed by atoms with van der Waals surface area (Å²) in [5.41, 5.74) is -4.27. The number of alkyl halides is 3. The van der Waals surface area contributed by atoms with Gasteiger partial charge in [0.05, 0.1) is 0 Å². The molecule has 0 saturated carbocycles. The molecule has 0 spiro atoms. The third-order valence-corrected chi connectivity index (χ3v) is 2.92. The van der Waals surface area contributed by atoms with Gasteiger partial charge in [-0.25, -0.2) is 13.8 Å². The van der Waals surface area contributed by atoms with Crippen LogP contribution >= 0.6 is 0 Å². The van der Waals surface area contributed by atoms with Crippen molar-refractivity contribution in [3.8, 4) is 5.69 Å². The number of hydrogen-bond acceptors (Lipinski definition) is 2. The zero-order valence-corrected chi connectivity index (χ0v) is 13.0. The van der Waals surface area contributed by atoms with E-state index in [1.165, 1.54) is 0 Å². The summed E-state index contributed by atoms with van der Waals surface area (Å²) in [6.07, 6.45) is -4.47. The molecular formula is C15H14F5N3O. The van der Waals surface area contributed by atoms with E-state index in [1.807, 2.05) is 0 Å². The first kappa shape index (κ1) is 17.9. The first-order valence-electron chi connectivity index (χ1n) is 6.83. The van der Waals surface area contributed by atoms with E-state index in [4.69, 9.17) is 0 Å². The minimum atomic E-state index is -5.05. The fraction of sp³-hybridized carbons (Fsp3) is 0.333. The van der Waals surface area contributed by atoms with Crippen molar-refractivity contribution < 1.29 is 26.7 Å². The standard InChI is InChI=1S/C15H14F5N3O/c1-14(2,3)22-13(24)10-12(15(18,19)20)23(7-21-10)11-8(16)5-4-6-9(11)17/h4-7H,1-3H3,(H,22,24). The highest BCUT2D eigenvalue weighted by molar-refractivity contribution is 5.94. The summed E-state index contributed by atoms with van der Waals surface area (Å²) < 4.78 is 68.1. The fourth-order valence-corrected chi connectivity index (χ4v) is 2.07. The molecule has 0 aliphatic rings. The van der Waals surface area contributed by atoms with Crippen LogP contribution in [0.3, 0.4) is 0 Å². The summed E-state index contributed by atoms with van der Waals surface area (Å²) in [6, 6.07) is 2.65. The Morgan fingerprint density at radius 2 is 1.67 bits per heavy atom. The van der Waals surface area contributed by atoms with Gasteiger partial charge in [-0.15, -0.1) is 0 Å². The van der Waals surface area contributed by atoms with Crippen molar-refractivity contribution in [3.63, 3.8) is 0 Å². The molecular weight excluding hydrogens is 333 g/mol.